The molecular formula is C20H47NO4Si2. The van der Waals surface area contributed by atoms with Crippen molar-refractivity contribution in [2.75, 3.05) is 59.3 Å². The van der Waals surface area contributed by atoms with Gasteiger partial charge in [0.25, 0.3) is 0 Å². The highest BCUT2D eigenvalue weighted by atomic mass is 28.4. The van der Waals surface area contributed by atoms with Gasteiger partial charge < -0.3 is 18.3 Å². The smallest absolute Gasteiger partial charge is 0.186 e. The molecule has 0 aliphatic rings. The second-order valence-corrected chi connectivity index (χ2v) is 16.9. The Morgan fingerprint density at radius 3 is 1.37 bits per heavy atom. The minimum atomic E-state index is -1.45. The molecule has 0 heterocycles. The van der Waals surface area contributed by atoms with Gasteiger partial charge in [0.1, 0.15) is 0 Å². The number of rotatable bonds is 19. The summed E-state index contributed by atoms with van der Waals surface area (Å²) in [4.78, 5) is 2.40. The fourth-order valence-corrected chi connectivity index (χ4v) is 6.99. The Hall–Kier alpha value is 0.234. The fourth-order valence-electron chi connectivity index (χ4n) is 3.15. The van der Waals surface area contributed by atoms with Crippen LogP contribution in [0.2, 0.25) is 38.3 Å². The van der Waals surface area contributed by atoms with E-state index < -0.39 is 16.6 Å². The highest BCUT2D eigenvalue weighted by Gasteiger charge is 2.21. The van der Waals surface area contributed by atoms with Gasteiger partial charge in [0.15, 0.2) is 16.6 Å². The summed E-state index contributed by atoms with van der Waals surface area (Å²) in [6.07, 6.45) is 2.21. The normalized spacial score (nSPS) is 12.9. The second-order valence-electron chi connectivity index (χ2n) is 8.25. The van der Waals surface area contributed by atoms with Crippen molar-refractivity contribution in [1.82, 2.24) is 4.90 Å². The highest BCUT2D eigenvalue weighted by Crippen LogP contribution is 2.14. The Morgan fingerprint density at radius 2 is 1.04 bits per heavy atom. The fraction of sp³-hybridized carbons (Fsp3) is 1.00. The molecule has 0 aliphatic heterocycles. The van der Waals surface area contributed by atoms with Crippen LogP contribution in [0, 0.1) is 0 Å². The van der Waals surface area contributed by atoms with Crippen LogP contribution in [0.3, 0.4) is 0 Å². The van der Waals surface area contributed by atoms with Crippen LogP contribution < -0.4 is 0 Å². The van der Waals surface area contributed by atoms with Gasteiger partial charge in [-0.1, -0.05) is 6.92 Å². The van der Waals surface area contributed by atoms with Crippen molar-refractivity contribution >= 4 is 16.6 Å². The minimum Gasteiger partial charge on any atom is -0.418 e. The third kappa shape index (κ3) is 16.9. The molecule has 0 radical (unpaired) electrons. The Morgan fingerprint density at radius 1 is 0.630 bits per heavy atom. The van der Waals surface area contributed by atoms with Gasteiger partial charge in [-0.15, -0.1) is 0 Å². The standard InChI is InChI=1S/C20H47NO4Si2/c1-8-21(13-17-22-15-11-19-26(4,5)24-9-2)14-18-23-16-12-20-27(6,7)25-10-3/h8-20H2,1-7H3. The second kappa shape index (κ2) is 16.1. The first-order chi connectivity index (χ1) is 12.8. The van der Waals surface area contributed by atoms with E-state index in [-0.39, 0.29) is 0 Å². The van der Waals surface area contributed by atoms with Crippen molar-refractivity contribution in [2.24, 2.45) is 0 Å². The van der Waals surface area contributed by atoms with E-state index in [1.165, 1.54) is 12.1 Å². The van der Waals surface area contributed by atoms with E-state index in [1.54, 1.807) is 0 Å². The molecule has 0 N–H and O–H groups in total. The van der Waals surface area contributed by atoms with Gasteiger partial charge in [-0.25, -0.2) is 0 Å². The van der Waals surface area contributed by atoms with E-state index in [9.17, 15) is 0 Å². The van der Waals surface area contributed by atoms with Crippen LogP contribution in [0.5, 0.6) is 0 Å². The molecule has 0 unspecified atom stereocenters. The molecule has 0 aromatic rings. The average molecular weight is 422 g/mol. The number of nitrogens with zero attached hydrogens (tertiary/aromatic N) is 1. The summed E-state index contributed by atoms with van der Waals surface area (Å²) in [6, 6.07) is 2.35. The van der Waals surface area contributed by atoms with Crippen LogP contribution in [0.1, 0.15) is 33.6 Å². The van der Waals surface area contributed by atoms with Crippen LogP contribution in [-0.2, 0) is 18.3 Å². The first-order valence-electron chi connectivity index (χ1n) is 10.9. The zero-order valence-corrected chi connectivity index (χ0v) is 21.3. The summed E-state index contributed by atoms with van der Waals surface area (Å²) < 4.78 is 23.3. The van der Waals surface area contributed by atoms with Crippen molar-refractivity contribution in [3.63, 3.8) is 0 Å². The lowest BCUT2D eigenvalue weighted by Crippen LogP contribution is -2.32. The summed E-state index contributed by atoms with van der Waals surface area (Å²) in [5, 5.41) is 0. The summed E-state index contributed by atoms with van der Waals surface area (Å²) in [6.45, 7) is 23.5. The van der Waals surface area contributed by atoms with Gasteiger partial charge in [0, 0.05) is 39.5 Å². The Kier molecular flexibility index (Phi) is 16.2. The van der Waals surface area contributed by atoms with Crippen LogP contribution in [0.15, 0.2) is 0 Å². The summed E-state index contributed by atoms with van der Waals surface area (Å²) in [7, 11) is -2.90. The quantitative estimate of drug-likeness (QED) is 0.225. The molecule has 0 rings (SSSR count). The van der Waals surface area contributed by atoms with Crippen LogP contribution >= 0.6 is 0 Å². The third-order valence-electron chi connectivity index (χ3n) is 4.76. The molecule has 0 amide bonds. The van der Waals surface area contributed by atoms with E-state index in [2.05, 4.69) is 51.9 Å². The van der Waals surface area contributed by atoms with Gasteiger partial charge in [-0.3, -0.25) is 4.90 Å². The summed E-state index contributed by atoms with van der Waals surface area (Å²) in [5.74, 6) is 0. The Balaban J connectivity index is 3.62. The first-order valence-corrected chi connectivity index (χ1v) is 17.1. The number of hydrogen-bond acceptors (Lipinski definition) is 5. The summed E-state index contributed by atoms with van der Waals surface area (Å²) in [5.41, 5.74) is 0. The molecule has 0 aromatic heterocycles. The zero-order chi connectivity index (χ0) is 20.6. The van der Waals surface area contributed by atoms with Gasteiger partial charge in [0.05, 0.1) is 13.2 Å². The SMILES string of the molecule is CCO[Si](C)(C)CCCOCCN(CC)CCOCCC[Si](C)(C)OCC. The van der Waals surface area contributed by atoms with Crippen molar-refractivity contribution in [3.8, 4) is 0 Å². The van der Waals surface area contributed by atoms with Crippen molar-refractivity contribution < 1.29 is 18.3 Å². The Labute approximate surface area is 171 Å². The van der Waals surface area contributed by atoms with E-state index in [0.29, 0.717) is 0 Å². The lowest BCUT2D eigenvalue weighted by Gasteiger charge is -2.23. The number of ether oxygens (including phenoxy) is 2. The zero-order valence-electron chi connectivity index (χ0n) is 19.3. The van der Waals surface area contributed by atoms with Gasteiger partial charge in [0.2, 0.25) is 0 Å². The molecule has 164 valence electrons. The topological polar surface area (TPSA) is 40.2 Å². The first kappa shape index (κ1) is 27.2. The molecule has 0 aromatic carbocycles. The molecule has 0 spiro atoms. The van der Waals surface area contributed by atoms with Crippen LogP contribution in [0.25, 0.3) is 0 Å². The predicted octanol–water partition coefficient (Wildman–Crippen LogP) is 4.60. The molecule has 0 fully saturated rings. The average Bonchev–Trinajstić information content (AvgIpc) is 2.58. The van der Waals surface area contributed by atoms with Crippen LogP contribution in [0.4, 0.5) is 0 Å². The van der Waals surface area contributed by atoms with Crippen LogP contribution in [-0.4, -0.2) is 80.8 Å². The minimum absolute atomic E-state index is 0.804. The lowest BCUT2D eigenvalue weighted by atomic mass is 10.4. The van der Waals surface area contributed by atoms with Crippen molar-refractivity contribution in [1.29, 1.82) is 0 Å². The number of hydrogen-bond donors (Lipinski definition) is 0. The molecule has 27 heavy (non-hydrogen) atoms. The maximum Gasteiger partial charge on any atom is 0.186 e. The van der Waals surface area contributed by atoms with Gasteiger partial charge >= 0.3 is 0 Å². The Bertz CT molecular complexity index is 314. The lowest BCUT2D eigenvalue weighted by molar-refractivity contribution is 0.0764. The van der Waals surface area contributed by atoms with E-state index >= 15 is 0 Å². The van der Waals surface area contributed by atoms with E-state index in [1.807, 2.05) is 0 Å². The molecular weight excluding hydrogens is 374 g/mol. The van der Waals surface area contributed by atoms with Crippen molar-refractivity contribution in [3.05, 3.63) is 0 Å². The molecule has 0 aliphatic carbocycles. The van der Waals surface area contributed by atoms with E-state index in [0.717, 1.165) is 72.1 Å². The van der Waals surface area contributed by atoms with Crippen molar-refractivity contribution in [2.45, 2.75) is 71.9 Å². The summed E-state index contributed by atoms with van der Waals surface area (Å²) >= 11 is 0. The molecule has 5 nitrogen and oxygen atoms in total. The van der Waals surface area contributed by atoms with Gasteiger partial charge in [-0.2, -0.15) is 0 Å². The molecule has 0 saturated heterocycles. The third-order valence-corrected chi connectivity index (χ3v) is 10.0. The van der Waals surface area contributed by atoms with E-state index in [4.69, 9.17) is 18.3 Å². The molecule has 0 bridgehead atoms. The monoisotopic (exact) mass is 421 g/mol. The molecule has 7 heteroatoms. The van der Waals surface area contributed by atoms with Gasteiger partial charge in [-0.05, 0) is 71.5 Å². The number of likely N-dealkylation sites (N-methyl/N-ethyl adjacent to an activating group) is 1. The maximum atomic E-state index is 5.85. The predicted molar refractivity (Wildman–Crippen MR) is 121 cm³/mol. The highest BCUT2D eigenvalue weighted by molar-refractivity contribution is 6.71. The molecule has 0 saturated carbocycles. The largest absolute Gasteiger partial charge is 0.418 e. The maximum absolute atomic E-state index is 5.85. The molecule has 0 atom stereocenters.